The van der Waals surface area contributed by atoms with E-state index in [-0.39, 0.29) is 0 Å². The van der Waals surface area contributed by atoms with Crippen molar-refractivity contribution >= 4 is 5.96 Å². The van der Waals surface area contributed by atoms with E-state index in [1.165, 1.54) is 64.2 Å². The fourth-order valence-electron chi connectivity index (χ4n) is 3.51. The Morgan fingerprint density at radius 2 is 1.50 bits per heavy atom. The monoisotopic (exact) mass is 336 g/mol. The maximum atomic E-state index is 5.31. The predicted molar refractivity (Wildman–Crippen MR) is 101 cm³/mol. The zero-order valence-electron chi connectivity index (χ0n) is 15.4. The van der Waals surface area contributed by atoms with Crippen molar-refractivity contribution in [3.05, 3.63) is 12.3 Å². The molecule has 5 heteroatoms. The highest BCUT2D eigenvalue weighted by Gasteiger charge is 2.18. The Kier molecular flexibility index (Phi) is 9.03. The molecule has 2 aliphatic rings. The molecule has 2 rings (SSSR count). The van der Waals surface area contributed by atoms with Crippen molar-refractivity contribution < 1.29 is 4.74 Å². The summed E-state index contributed by atoms with van der Waals surface area (Å²) in [6.07, 6.45) is 13.2. The van der Waals surface area contributed by atoms with Gasteiger partial charge in [0.05, 0.1) is 12.3 Å². The first-order valence-electron chi connectivity index (χ1n) is 9.80. The third kappa shape index (κ3) is 8.04. The minimum atomic E-state index is 0.506. The van der Waals surface area contributed by atoms with Crippen LogP contribution in [0.15, 0.2) is 17.3 Å². The fourth-order valence-corrected chi connectivity index (χ4v) is 3.51. The lowest BCUT2D eigenvalue weighted by molar-refractivity contribution is 0.193. The van der Waals surface area contributed by atoms with Gasteiger partial charge in [-0.1, -0.05) is 45.1 Å². The van der Waals surface area contributed by atoms with Gasteiger partial charge in [0.25, 0.3) is 0 Å². The van der Waals surface area contributed by atoms with E-state index in [1.807, 2.05) is 6.92 Å². The highest BCUT2D eigenvalue weighted by molar-refractivity contribution is 5.80. The summed E-state index contributed by atoms with van der Waals surface area (Å²) in [5.74, 6) is 1.75. The van der Waals surface area contributed by atoms with E-state index in [2.05, 4.69) is 22.5 Å². The lowest BCUT2D eigenvalue weighted by Gasteiger charge is -2.29. The van der Waals surface area contributed by atoms with Gasteiger partial charge in [-0.05, 0) is 32.6 Å². The molecular weight excluding hydrogens is 300 g/mol. The van der Waals surface area contributed by atoms with Crippen LogP contribution in [0, 0.1) is 0 Å². The minimum Gasteiger partial charge on any atom is -0.484 e. The van der Waals surface area contributed by atoms with Crippen LogP contribution < -0.4 is 16.0 Å². The van der Waals surface area contributed by atoms with Gasteiger partial charge >= 0.3 is 0 Å². The van der Waals surface area contributed by atoms with Gasteiger partial charge in [0, 0.05) is 18.6 Å². The summed E-state index contributed by atoms with van der Waals surface area (Å²) in [5, 5.41) is 10.6. The van der Waals surface area contributed by atoms with E-state index in [0.717, 1.165) is 24.8 Å². The molecule has 0 atom stereocenters. The average Bonchev–Trinajstić information content (AvgIpc) is 2.59. The number of guanidine groups is 1. The molecule has 0 heterocycles. The van der Waals surface area contributed by atoms with E-state index in [4.69, 9.17) is 9.73 Å². The van der Waals surface area contributed by atoms with Gasteiger partial charge in [-0.2, -0.15) is 0 Å². The van der Waals surface area contributed by atoms with Gasteiger partial charge in [0.1, 0.15) is 6.73 Å². The van der Waals surface area contributed by atoms with Crippen molar-refractivity contribution in [2.45, 2.75) is 83.2 Å². The molecule has 0 spiro atoms. The molecule has 0 amide bonds. The van der Waals surface area contributed by atoms with Crippen molar-refractivity contribution in [3.63, 3.8) is 0 Å². The van der Waals surface area contributed by atoms with Gasteiger partial charge in [0.2, 0.25) is 0 Å². The summed E-state index contributed by atoms with van der Waals surface area (Å²) >= 11 is 0. The van der Waals surface area contributed by atoms with Crippen LogP contribution in [0.2, 0.25) is 0 Å². The van der Waals surface area contributed by atoms with Crippen LogP contribution in [0.5, 0.6) is 0 Å². The zero-order chi connectivity index (χ0) is 17.0. The second-order valence-electron chi connectivity index (χ2n) is 7.18. The van der Waals surface area contributed by atoms with Gasteiger partial charge in [-0.25, -0.2) is 0 Å². The van der Waals surface area contributed by atoms with Gasteiger partial charge in [-0.15, -0.1) is 0 Å². The van der Waals surface area contributed by atoms with Crippen LogP contribution in [0.1, 0.15) is 71.1 Å². The SMILES string of the molecule is C=C(C)OCNCCN=C(NC1CCCCC1)NC1CCCCC1. The molecule has 5 nitrogen and oxygen atoms in total. The van der Waals surface area contributed by atoms with E-state index < -0.39 is 0 Å². The smallest absolute Gasteiger partial charge is 0.191 e. The molecule has 0 aliphatic heterocycles. The first kappa shape index (κ1) is 19.1. The van der Waals surface area contributed by atoms with Crippen molar-refractivity contribution in [1.82, 2.24) is 16.0 Å². The second kappa shape index (κ2) is 11.3. The normalized spacial score (nSPS) is 19.5. The Labute approximate surface area is 147 Å². The molecule has 24 heavy (non-hydrogen) atoms. The Bertz CT molecular complexity index is 363. The van der Waals surface area contributed by atoms with Crippen LogP contribution in [0.3, 0.4) is 0 Å². The van der Waals surface area contributed by atoms with Crippen molar-refractivity contribution in [3.8, 4) is 0 Å². The maximum absolute atomic E-state index is 5.31. The van der Waals surface area contributed by atoms with Crippen molar-refractivity contribution in [2.75, 3.05) is 19.8 Å². The third-order valence-electron chi connectivity index (χ3n) is 4.87. The lowest BCUT2D eigenvalue weighted by atomic mass is 9.95. The summed E-state index contributed by atoms with van der Waals surface area (Å²) in [4.78, 5) is 4.78. The molecule has 0 unspecified atom stereocenters. The summed E-state index contributed by atoms with van der Waals surface area (Å²) in [6.45, 7) is 7.66. The van der Waals surface area contributed by atoms with Crippen LogP contribution in [-0.4, -0.2) is 37.9 Å². The molecule has 2 fully saturated rings. The molecule has 0 saturated heterocycles. The summed E-state index contributed by atoms with van der Waals surface area (Å²) in [6, 6.07) is 1.18. The van der Waals surface area contributed by atoms with E-state index in [0.29, 0.717) is 18.8 Å². The Morgan fingerprint density at radius 3 is 2.00 bits per heavy atom. The minimum absolute atomic E-state index is 0.506. The van der Waals surface area contributed by atoms with Crippen molar-refractivity contribution in [2.24, 2.45) is 4.99 Å². The first-order valence-corrected chi connectivity index (χ1v) is 9.80. The van der Waals surface area contributed by atoms with Gasteiger partial charge < -0.3 is 15.4 Å². The highest BCUT2D eigenvalue weighted by Crippen LogP contribution is 2.19. The molecule has 0 bridgehead atoms. The summed E-state index contributed by atoms with van der Waals surface area (Å²) in [5.41, 5.74) is 0. The number of nitrogens with one attached hydrogen (secondary N) is 3. The molecule has 0 aromatic carbocycles. The van der Waals surface area contributed by atoms with Gasteiger partial charge in [0.15, 0.2) is 5.96 Å². The van der Waals surface area contributed by atoms with Crippen LogP contribution >= 0.6 is 0 Å². The molecule has 0 aromatic heterocycles. The molecule has 0 aromatic rings. The number of nitrogens with zero attached hydrogens (tertiary/aromatic N) is 1. The van der Waals surface area contributed by atoms with Crippen LogP contribution in [-0.2, 0) is 4.74 Å². The summed E-state index contributed by atoms with van der Waals surface area (Å²) < 4.78 is 5.31. The largest absolute Gasteiger partial charge is 0.484 e. The molecule has 138 valence electrons. The van der Waals surface area contributed by atoms with Crippen LogP contribution in [0.25, 0.3) is 0 Å². The maximum Gasteiger partial charge on any atom is 0.191 e. The number of allylic oxidation sites excluding steroid dienone is 1. The van der Waals surface area contributed by atoms with Crippen molar-refractivity contribution in [1.29, 1.82) is 0 Å². The average molecular weight is 337 g/mol. The Balaban J connectivity index is 1.76. The van der Waals surface area contributed by atoms with E-state index in [9.17, 15) is 0 Å². The quantitative estimate of drug-likeness (QED) is 0.209. The zero-order valence-corrected chi connectivity index (χ0v) is 15.4. The van der Waals surface area contributed by atoms with Crippen LogP contribution in [0.4, 0.5) is 0 Å². The lowest BCUT2D eigenvalue weighted by Crippen LogP contribution is -2.48. The molecular formula is C19H36N4O. The third-order valence-corrected chi connectivity index (χ3v) is 4.87. The fraction of sp³-hybridized carbons (Fsp3) is 0.842. The topological polar surface area (TPSA) is 57.7 Å². The summed E-state index contributed by atoms with van der Waals surface area (Å²) in [7, 11) is 0. The molecule has 0 radical (unpaired) electrons. The number of hydrogen-bond donors (Lipinski definition) is 3. The Hall–Kier alpha value is -1.23. The molecule has 2 saturated carbocycles. The standard InChI is InChI=1S/C19H36N4O/c1-16(2)24-15-20-13-14-21-19(22-17-9-5-3-6-10-17)23-18-11-7-4-8-12-18/h17-18,20H,1,3-15H2,2H3,(H2,21,22,23). The molecule has 2 aliphatic carbocycles. The number of aliphatic imine (C=N–C) groups is 1. The predicted octanol–water partition coefficient (Wildman–Crippen LogP) is 3.28. The second-order valence-corrected chi connectivity index (χ2v) is 7.18. The van der Waals surface area contributed by atoms with E-state index in [1.54, 1.807) is 0 Å². The van der Waals surface area contributed by atoms with E-state index >= 15 is 0 Å². The number of ether oxygens (including phenoxy) is 1. The molecule has 3 N–H and O–H groups in total. The highest BCUT2D eigenvalue weighted by atomic mass is 16.5. The number of rotatable bonds is 8. The van der Waals surface area contributed by atoms with Gasteiger partial charge in [-0.3, -0.25) is 10.3 Å². The Morgan fingerprint density at radius 1 is 0.958 bits per heavy atom. The first-order chi connectivity index (χ1) is 11.7. The number of hydrogen-bond acceptors (Lipinski definition) is 3.